The number of methoxy groups -OCH3 is 1. The molecule has 8 heteroatoms. The average molecular weight is 275 g/mol. The fourth-order valence-electron chi connectivity index (χ4n) is 1.34. The molecule has 18 heavy (non-hydrogen) atoms. The predicted octanol–water partition coefficient (Wildman–Crippen LogP) is -0.660. The fraction of sp³-hybridized carbons (Fsp3) is 0.500. The van der Waals surface area contributed by atoms with Crippen LogP contribution in [0.1, 0.15) is 6.42 Å². The van der Waals surface area contributed by atoms with E-state index >= 15 is 0 Å². The Morgan fingerprint density at radius 1 is 1.61 bits per heavy atom. The Hall–Kier alpha value is -1.22. The number of aromatic nitrogens is 1. The molecular formula is C10H17N3O4S. The van der Waals surface area contributed by atoms with Gasteiger partial charge in [0.05, 0.1) is 12.7 Å². The summed E-state index contributed by atoms with van der Waals surface area (Å²) in [6.45, 7) is 0.262. The lowest BCUT2D eigenvalue weighted by Crippen LogP contribution is -2.29. The van der Waals surface area contributed by atoms with E-state index in [1.165, 1.54) is 25.4 Å². The molecule has 0 amide bonds. The van der Waals surface area contributed by atoms with Gasteiger partial charge in [-0.1, -0.05) is 0 Å². The summed E-state index contributed by atoms with van der Waals surface area (Å²) in [4.78, 5) is 3.64. The number of nitrogen functional groups attached to an aromatic ring is 1. The molecule has 1 aromatic rings. The number of anilines is 1. The third-order valence-electron chi connectivity index (χ3n) is 2.22. The predicted molar refractivity (Wildman–Crippen MR) is 66.3 cm³/mol. The van der Waals surface area contributed by atoms with Gasteiger partial charge in [-0.05, 0) is 18.6 Å². The quantitative estimate of drug-likeness (QED) is 0.608. The monoisotopic (exact) mass is 275 g/mol. The van der Waals surface area contributed by atoms with Crippen molar-refractivity contribution in [1.29, 1.82) is 0 Å². The zero-order valence-electron chi connectivity index (χ0n) is 10.0. The summed E-state index contributed by atoms with van der Waals surface area (Å²) in [5, 5.41) is 9.37. The van der Waals surface area contributed by atoms with Gasteiger partial charge < -0.3 is 15.6 Å². The lowest BCUT2D eigenvalue weighted by molar-refractivity contribution is 0.0603. The number of nitrogens with zero attached hydrogens (tertiary/aromatic N) is 1. The van der Waals surface area contributed by atoms with E-state index in [4.69, 9.17) is 10.5 Å². The molecule has 7 nitrogen and oxygen atoms in total. The number of aliphatic hydroxyl groups excluding tert-OH is 1. The molecule has 1 rings (SSSR count). The first kappa shape index (κ1) is 14.8. The second-order valence-corrected chi connectivity index (χ2v) is 5.42. The molecular weight excluding hydrogens is 258 g/mol. The number of ether oxygens (including phenoxy) is 1. The molecule has 1 atom stereocenters. The highest BCUT2D eigenvalue weighted by atomic mass is 32.2. The van der Waals surface area contributed by atoms with Gasteiger partial charge in [0.25, 0.3) is 0 Å². The molecule has 1 aromatic heterocycles. The summed E-state index contributed by atoms with van der Waals surface area (Å²) >= 11 is 0. The third kappa shape index (κ3) is 4.22. The minimum Gasteiger partial charge on any atom is -0.391 e. The Morgan fingerprint density at radius 2 is 2.33 bits per heavy atom. The summed E-state index contributed by atoms with van der Waals surface area (Å²) < 4.78 is 30.8. The molecule has 0 saturated heterocycles. The molecule has 0 fully saturated rings. The highest BCUT2D eigenvalue weighted by Gasteiger charge is 2.17. The Balaban J connectivity index is 2.59. The molecule has 0 aliphatic rings. The van der Waals surface area contributed by atoms with Crippen LogP contribution in [0.4, 0.5) is 5.82 Å². The maximum absolute atomic E-state index is 11.8. The van der Waals surface area contributed by atoms with Gasteiger partial charge in [-0.3, -0.25) is 0 Å². The van der Waals surface area contributed by atoms with E-state index in [1.54, 1.807) is 0 Å². The van der Waals surface area contributed by atoms with Crippen LogP contribution in [0.3, 0.4) is 0 Å². The summed E-state index contributed by atoms with van der Waals surface area (Å²) in [5.74, 6) is -0.0533. The maximum Gasteiger partial charge on any atom is 0.244 e. The highest BCUT2D eigenvalue weighted by Crippen LogP contribution is 2.13. The zero-order chi connectivity index (χ0) is 13.6. The third-order valence-corrected chi connectivity index (χ3v) is 3.73. The van der Waals surface area contributed by atoms with Crippen molar-refractivity contribution in [2.45, 2.75) is 17.4 Å². The zero-order valence-corrected chi connectivity index (χ0v) is 10.9. The second-order valence-electron chi connectivity index (χ2n) is 3.68. The van der Waals surface area contributed by atoms with Crippen molar-refractivity contribution in [2.75, 3.05) is 26.0 Å². The number of nitrogens with two attached hydrogens (primary N) is 1. The molecule has 0 bridgehead atoms. The van der Waals surface area contributed by atoms with Crippen LogP contribution in [0.15, 0.2) is 23.2 Å². The molecule has 1 heterocycles. The second kappa shape index (κ2) is 6.64. The van der Waals surface area contributed by atoms with Crippen molar-refractivity contribution in [3.8, 4) is 0 Å². The van der Waals surface area contributed by atoms with Crippen LogP contribution < -0.4 is 10.5 Å². The van der Waals surface area contributed by atoms with Crippen molar-refractivity contribution >= 4 is 15.8 Å². The minimum atomic E-state index is -3.69. The van der Waals surface area contributed by atoms with Crippen LogP contribution in [0.25, 0.3) is 0 Å². The van der Waals surface area contributed by atoms with Crippen molar-refractivity contribution < 1.29 is 18.3 Å². The van der Waals surface area contributed by atoms with E-state index in [0.29, 0.717) is 0 Å². The van der Waals surface area contributed by atoms with Gasteiger partial charge in [0, 0.05) is 19.9 Å². The normalized spacial score (nSPS) is 13.4. The number of hydrogen-bond acceptors (Lipinski definition) is 6. The lowest BCUT2D eigenvalue weighted by Gasteiger charge is -2.11. The van der Waals surface area contributed by atoms with Gasteiger partial charge in [-0.25, -0.2) is 18.1 Å². The summed E-state index contributed by atoms with van der Waals surface area (Å²) in [5.41, 5.74) is 5.49. The van der Waals surface area contributed by atoms with Crippen molar-refractivity contribution in [3.05, 3.63) is 18.3 Å². The number of pyridine rings is 1. The van der Waals surface area contributed by atoms with Crippen LogP contribution in [0.2, 0.25) is 0 Å². The first-order chi connectivity index (χ1) is 8.47. The van der Waals surface area contributed by atoms with E-state index in [2.05, 4.69) is 9.71 Å². The van der Waals surface area contributed by atoms with Crippen molar-refractivity contribution in [3.63, 3.8) is 0 Å². The topological polar surface area (TPSA) is 115 Å². The van der Waals surface area contributed by atoms with Crippen LogP contribution in [0, 0.1) is 0 Å². The van der Waals surface area contributed by atoms with Crippen LogP contribution in [-0.2, 0) is 14.8 Å². The standard InChI is InChI=1S/C10H17N3O4S/c1-17-7-8(14)4-6-13-18(15,16)9-3-2-5-12-10(9)11/h2-3,5,8,13-14H,4,6-7H2,1H3,(H2,11,12). The molecule has 102 valence electrons. The Bertz CT molecular complexity index is 478. The van der Waals surface area contributed by atoms with E-state index in [-0.39, 0.29) is 30.3 Å². The number of nitrogens with one attached hydrogen (secondary N) is 1. The summed E-state index contributed by atoms with van der Waals surface area (Å²) in [6.07, 6.45) is 0.966. The van der Waals surface area contributed by atoms with Crippen LogP contribution in [-0.4, -0.2) is 44.9 Å². The molecule has 1 unspecified atom stereocenters. The molecule has 4 N–H and O–H groups in total. The number of hydrogen-bond donors (Lipinski definition) is 3. The Labute approximate surface area is 106 Å². The molecule has 0 saturated carbocycles. The fourth-order valence-corrected chi connectivity index (χ4v) is 2.47. The van der Waals surface area contributed by atoms with Crippen LogP contribution >= 0.6 is 0 Å². The molecule has 0 radical (unpaired) electrons. The van der Waals surface area contributed by atoms with Gasteiger partial charge in [-0.2, -0.15) is 0 Å². The van der Waals surface area contributed by atoms with E-state index in [1.807, 2.05) is 0 Å². The molecule has 0 aliphatic carbocycles. The lowest BCUT2D eigenvalue weighted by atomic mass is 10.3. The molecule has 0 spiro atoms. The number of aliphatic hydroxyl groups is 1. The Morgan fingerprint density at radius 3 is 2.94 bits per heavy atom. The van der Waals surface area contributed by atoms with Gasteiger partial charge in [0.1, 0.15) is 10.7 Å². The van der Waals surface area contributed by atoms with Crippen LogP contribution in [0.5, 0.6) is 0 Å². The molecule has 0 aliphatic heterocycles. The van der Waals surface area contributed by atoms with E-state index < -0.39 is 16.1 Å². The van der Waals surface area contributed by atoms with E-state index in [9.17, 15) is 13.5 Å². The van der Waals surface area contributed by atoms with Gasteiger partial charge in [0.2, 0.25) is 10.0 Å². The van der Waals surface area contributed by atoms with Gasteiger partial charge in [0.15, 0.2) is 0 Å². The van der Waals surface area contributed by atoms with E-state index in [0.717, 1.165) is 0 Å². The first-order valence-electron chi connectivity index (χ1n) is 5.34. The minimum absolute atomic E-state index is 0.0533. The summed E-state index contributed by atoms with van der Waals surface area (Å²) in [7, 11) is -2.23. The smallest absolute Gasteiger partial charge is 0.244 e. The summed E-state index contributed by atoms with van der Waals surface area (Å²) in [6, 6.07) is 2.86. The molecule has 0 aromatic carbocycles. The largest absolute Gasteiger partial charge is 0.391 e. The van der Waals surface area contributed by atoms with Gasteiger partial charge >= 0.3 is 0 Å². The average Bonchev–Trinajstić information content (AvgIpc) is 2.29. The Kier molecular flexibility index (Phi) is 5.48. The maximum atomic E-state index is 11.8. The number of sulfonamides is 1. The van der Waals surface area contributed by atoms with Crippen molar-refractivity contribution in [1.82, 2.24) is 9.71 Å². The number of rotatable bonds is 7. The highest BCUT2D eigenvalue weighted by molar-refractivity contribution is 7.89. The SMILES string of the molecule is COCC(O)CCNS(=O)(=O)c1cccnc1N. The first-order valence-corrected chi connectivity index (χ1v) is 6.83. The van der Waals surface area contributed by atoms with Gasteiger partial charge in [-0.15, -0.1) is 0 Å². The van der Waals surface area contributed by atoms with Crippen molar-refractivity contribution in [2.24, 2.45) is 0 Å².